The van der Waals surface area contributed by atoms with Gasteiger partial charge in [0.05, 0.1) is 0 Å². The highest BCUT2D eigenvalue weighted by molar-refractivity contribution is 6.30. The molecule has 18 heavy (non-hydrogen) atoms. The molecule has 2 heteroatoms. The van der Waals surface area contributed by atoms with Crippen LogP contribution in [0.4, 0.5) is 0 Å². The van der Waals surface area contributed by atoms with Crippen LogP contribution in [0, 0.1) is 5.92 Å². The molecule has 0 amide bonds. The summed E-state index contributed by atoms with van der Waals surface area (Å²) in [6.45, 7) is 12.2. The molecule has 1 rings (SSSR count). The number of benzene rings is 1. The minimum Gasteiger partial charge on any atom is -0.311 e. The van der Waals surface area contributed by atoms with E-state index in [0.717, 1.165) is 11.6 Å². The highest BCUT2D eigenvalue weighted by atomic mass is 35.5. The molecule has 1 aromatic carbocycles. The number of halogens is 1. The third-order valence-corrected chi connectivity index (χ3v) is 3.73. The molecular weight excluding hydrogens is 242 g/mol. The molecule has 0 radical (unpaired) electrons. The third-order valence-electron chi connectivity index (χ3n) is 3.48. The Hall–Kier alpha value is -0.530. The smallest absolute Gasteiger partial charge is 0.0406 e. The molecule has 102 valence electrons. The van der Waals surface area contributed by atoms with E-state index in [4.69, 9.17) is 11.6 Å². The summed E-state index contributed by atoms with van der Waals surface area (Å²) in [5.41, 5.74) is 1.54. The molecular formula is C16H26ClN. The monoisotopic (exact) mass is 267 g/mol. The summed E-state index contributed by atoms with van der Waals surface area (Å²) in [4.78, 5) is 0. The van der Waals surface area contributed by atoms with Crippen molar-refractivity contribution in [2.24, 2.45) is 5.92 Å². The van der Waals surface area contributed by atoms with Crippen LogP contribution < -0.4 is 5.32 Å². The molecule has 2 atom stereocenters. The number of hydrogen-bond acceptors (Lipinski definition) is 1. The molecule has 0 aliphatic heterocycles. The third kappa shape index (κ3) is 4.99. The van der Waals surface area contributed by atoms with Crippen LogP contribution in [-0.4, -0.2) is 12.1 Å². The fraction of sp³-hybridized carbons (Fsp3) is 0.625. The highest BCUT2D eigenvalue weighted by Crippen LogP contribution is 2.27. The Balaban J connectivity index is 2.81. The van der Waals surface area contributed by atoms with Crippen molar-refractivity contribution in [2.45, 2.75) is 52.5 Å². The molecule has 0 saturated carbocycles. The summed E-state index contributed by atoms with van der Waals surface area (Å²) in [5, 5.41) is 4.43. The van der Waals surface area contributed by atoms with Crippen molar-refractivity contribution in [2.75, 3.05) is 6.54 Å². The predicted octanol–water partition coefficient (Wildman–Crippen LogP) is 4.86. The van der Waals surface area contributed by atoms with Crippen LogP contribution >= 0.6 is 11.6 Å². The maximum absolute atomic E-state index is 5.96. The molecule has 0 aliphatic carbocycles. The van der Waals surface area contributed by atoms with Gasteiger partial charge >= 0.3 is 0 Å². The first kappa shape index (κ1) is 15.5. The SMILES string of the molecule is CCC(C)C(CNC(C)(C)C)c1ccc(Cl)cc1. The van der Waals surface area contributed by atoms with E-state index in [9.17, 15) is 0 Å². The van der Waals surface area contributed by atoms with Gasteiger partial charge in [-0.1, -0.05) is 44.0 Å². The molecule has 2 unspecified atom stereocenters. The summed E-state index contributed by atoms with van der Waals surface area (Å²) in [6.07, 6.45) is 1.19. The first-order valence-electron chi connectivity index (χ1n) is 6.84. The summed E-state index contributed by atoms with van der Waals surface area (Å²) < 4.78 is 0. The summed E-state index contributed by atoms with van der Waals surface area (Å²) in [6, 6.07) is 8.29. The Morgan fingerprint density at radius 2 is 1.72 bits per heavy atom. The minimum absolute atomic E-state index is 0.165. The minimum atomic E-state index is 0.165. The van der Waals surface area contributed by atoms with Crippen molar-refractivity contribution in [3.05, 3.63) is 34.9 Å². The van der Waals surface area contributed by atoms with Crippen molar-refractivity contribution in [1.29, 1.82) is 0 Å². The lowest BCUT2D eigenvalue weighted by Crippen LogP contribution is -2.39. The van der Waals surface area contributed by atoms with Gasteiger partial charge in [0.25, 0.3) is 0 Å². The standard InChI is InChI=1S/C16H26ClN/c1-6-12(2)15(11-18-16(3,4)5)13-7-9-14(17)10-8-13/h7-10,12,15,18H,6,11H2,1-5H3. The van der Waals surface area contributed by atoms with E-state index in [2.05, 4.69) is 52.1 Å². The zero-order valence-electron chi connectivity index (χ0n) is 12.3. The van der Waals surface area contributed by atoms with Crippen LogP contribution in [-0.2, 0) is 0 Å². The largest absolute Gasteiger partial charge is 0.311 e. The van der Waals surface area contributed by atoms with Crippen LogP contribution in [0.25, 0.3) is 0 Å². The Bertz CT molecular complexity index is 350. The second-order valence-corrected chi connectivity index (χ2v) is 6.61. The Morgan fingerprint density at radius 3 is 2.17 bits per heavy atom. The second-order valence-electron chi connectivity index (χ2n) is 6.17. The average Bonchev–Trinajstić information content (AvgIpc) is 2.29. The number of hydrogen-bond donors (Lipinski definition) is 1. The van der Waals surface area contributed by atoms with Crippen LogP contribution in [0.3, 0.4) is 0 Å². The molecule has 0 saturated heterocycles. The van der Waals surface area contributed by atoms with E-state index in [1.807, 2.05) is 12.1 Å². The van der Waals surface area contributed by atoms with E-state index in [1.165, 1.54) is 12.0 Å². The van der Waals surface area contributed by atoms with Gasteiger partial charge in [-0.2, -0.15) is 0 Å². The number of rotatable bonds is 5. The first-order chi connectivity index (χ1) is 8.33. The maximum Gasteiger partial charge on any atom is 0.0406 e. The lowest BCUT2D eigenvalue weighted by Gasteiger charge is -2.29. The summed E-state index contributed by atoms with van der Waals surface area (Å²) >= 11 is 5.96. The van der Waals surface area contributed by atoms with E-state index < -0.39 is 0 Å². The van der Waals surface area contributed by atoms with Crippen molar-refractivity contribution < 1.29 is 0 Å². The molecule has 1 nitrogen and oxygen atoms in total. The Kier molecular flexibility index (Phi) is 5.68. The first-order valence-corrected chi connectivity index (χ1v) is 7.21. The zero-order valence-corrected chi connectivity index (χ0v) is 13.0. The van der Waals surface area contributed by atoms with E-state index in [-0.39, 0.29) is 5.54 Å². The Morgan fingerprint density at radius 1 is 1.17 bits per heavy atom. The van der Waals surface area contributed by atoms with Crippen LogP contribution in [0.2, 0.25) is 5.02 Å². The second kappa shape index (κ2) is 6.58. The zero-order chi connectivity index (χ0) is 13.8. The average molecular weight is 268 g/mol. The topological polar surface area (TPSA) is 12.0 Å². The van der Waals surface area contributed by atoms with Gasteiger partial charge in [-0.05, 0) is 50.3 Å². The molecule has 1 N–H and O–H groups in total. The summed E-state index contributed by atoms with van der Waals surface area (Å²) in [7, 11) is 0. The summed E-state index contributed by atoms with van der Waals surface area (Å²) in [5.74, 6) is 1.22. The van der Waals surface area contributed by atoms with Crippen molar-refractivity contribution >= 4 is 11.6 Å². The van der Waals surface area contributed by atoms with E-state index in [0.29, 0.717) is 11.8 Å². The van der Waals surface area contributed by atoms with Crippen LogP contribution in [0.15, 0.2) is 24.3 Å². The molecule has 1 aromatic rings. The molecule has 0 spiro atoms. The quantitative estimate of drug-likeness (QED) is 0.804. The van der Waals surface area contributed by atoms with Gasteiger partial charge in [-0.3, -0.25) is 0 Å². The van der Waals surface area contributed by atoms with Gasteiger partial charge in [0, 0.05) is 17.1 Å². The molecule has 0 fully saturated rings. The highest BCUT2D eigenvalue weighted by Gasteiger charge is 2.20. The van der Waals surface area contributed by atoms with Crippen LogP contribution in [0.1, 0.15) is 52.5 Å². The molecule has 0 heterocycles. The van der Waals surface area contributed by atoms with E-state index in [1.54, 1.807) is 0 Å². The van der Waals surface area contributed by atoms with Gasteiger partial charge in [0.2, 0.25) is 0 Å². The van der Waals surface area contributed by atoms with Crippen molar-refractivity contribution in [3.63, 3.8) is 0 Å². The van der Waals surface area contributed by atoms with Crippen molar-refractivity contribution in [3.8, 4) is 0 Å². The normalized spacial score (nSPS) is 15.4. The lowest BCUT2D eigenvalue weighted by molar-refractivity contribution is 0.356. The van der Waals surface area contributed by atoms with Gasteiger partial charge in [-0.15, -0.1) is 0 Å². The van der Waals surface area contributed by atoms with Gasteiger partial charge in [0.1, 0.15) is 0 Å². The fourth-order valence-electron chi connectivity index (χ4n) is 2.06. The maximum atomic E-state index is 5.96. The van der Waals surface area contributed by atoms with Crippen LogP contribution in [0.5, 0.6) is 0 Å². The van der Waals surface area contributed by atoms with Crippen molar-refractivity contribution in [1.82, 2.24) is 5.32 Å². The van der Waals surface area contributed by atoms with Gasteiger partial charge < -0.3 is 5.32 Å². The van der Waals surface area contributed by atoms with E-state index >= 15 is 0 Å². The molecule has 0 aliphatic rings. The van der Waals surface area contributed by atoms with Gasteiger partial charge in [0.15, 0.2) is 0 Å². The molecule has 0 bridgehead atoms. The Labute approximate surface area is 117 Å². The fourth-order valence-corrected chi connectivity index (χ4v) is 2.18. The van der Waals surface area contributed by atoms with Gasteiger partial charge in [-0.25, -0.2) is 0 Å². The number of nitrogens with one attached hydrogen (secondary N) is 1. The lowest BCUT2D eigenvalue weighted by atomic mass is 9.85. The molecule has 0 aromatic heterocycles. The predicted molar refractivity (Wildman–Crippen MR) is 81.4 cm³/mol.